The number of benzene rings is 1. The molecule has 2 nitrogen and oxygen atoms in total. The second-order valence-electron chi connectivity index (χ2n) is 4.18. The van der Waals surface area contributed by atoms with Gasteiger partial charge in [0.05, 0.1) is 5.71 Å². The summed E-state index contributed by atoms with van der Waals surface area (Å²) >= 11 is 0. The van der Waals surface area contributed by atoms with Gasteiger partial charge in [0.2, 0.25) is 0 Å². The van der Waals surface area contributed by atoms with Crippen molar-refractivity contribution in [3.8, 4) is 0 Å². The van der Waals surface area contributed by atoms with Crippen LogP contribution in [0.1, 0.15) is 31.9 Å². The van der Waals surface area contributed by atoms with Gasteiger partial charge in [0, 0.05) is 5.41 Å². The second-order valence-corrected chi connectivity index (χ2v) is 4.18. The molecule has 0 saturated heterocycles. The topological polar surface area (TPSA) is 32.6 Å². The monoisotopic (exact) mass is 191 g/mol. The van der Waals surface area contributed by atoms with Crippen LogP contribution in [0.3, 0.4) is 0 Å². The molecule has 0 aliphatic carbocycles. The van der Waals surface area contributed by atoms with Crippen LogP contribution in [0.4, 0.5) is 0 Å². The van der Waals surface area contributed by atoms with E-state index in [0.717, 1.165) is 5.71 Å². The van der Waals surface area contributed by atoms with Crippen molar-refractivity contribution in [2.24, 2.45) is 5.16 Å². The summed E-state index contributed by atoms with van der Waals surface area (Å²) in [6.07, 6.45) is 0. The molecule has 0 aliphatic rings. The van der Waals surface area contributed by atoms with E-state index in [1.807, 2.05) is 20.8 Å². The first kappa shape index (κ1) is 10.8. The van der Waals surface area contributed by atoms with Crippen molar-refractivity contribution in [2.45, 2.75) is 33.1 Å². The summed E-state index contributed by atoms with van der Waals surface area (Å²) in [6.45, 7) is 7.99. The summed E-state index contributed by atoms with van der Waals surface area (Å²) in [7, 11) is 0. The zero-order valence-electron chi connectivity index (χ0n) is 9.20. The van der Waals surface area contributed by atoms with Crippen molar-refractivity contribution in [1.82, 2.24) is 0 Å². The molecule has 0 bridgehead atoms. The lowest BCUT2D eigenvalue weighted by atomic mass is 9.80. The Hall–Kier alpha value is -1.31. The predicted molar refractivity (Wildman–Crippen MR) is 59.1 cm³/mol. The fourth-order valence-electron chi connectivity index (χ4n) is 1.30. The molecule has 0 saturated carbocycles. The highest BCUT2D eigenvalue weighted by Gasteiger charge is 2.24. The summed E-state index contributed by atoms with van der Waals surface area (Å²) in [5.41, 5.74) is 2.92. The molecule has 0 amide bonds. The Kier molecular flexibility index (Phi) is 2.94. The molecule has 1 rings (SSSR count). The smallest absolute Gasteiger partial charge is 0.0639 e. The van der Waals surface area contributed by atoms with Gasteiger partial charge in [-0.15, -0.1) is 0 Å². The van der Waals surface area contributed by atoms with Crippen LogP contribution in [0.15, 0.2) is 29.4 Å². The maximum absolute atomic E-state index is 8.77. The molecule has 0 aromatic heterocycles. The van der Waals surface area contributed by atoms with Crippen LogP contribution in [0, 0.1) is 6.92 Å². The minimum Gasteiger partial charge on any atom is -0.411 e. The first-order valence-corrected chi connectivity index (χ1v) is 4.74. The molecule has 0 heterocycles. The lowest BCUT2D eigenvalue weighted by Gasteiger charge is -2.24. The van der Waals surface area contributed by atoms with E-state index in [1.165, 1.54) is 11.1 Å². The third kappa shape index (κ3) is 1.95. The SMILES string of the molecule is C/C(=N\O)C(C)(C)c1ccc(C)cc1. The minimum atomic E-state index is -0.206. The number of hydrogen-bond donors (Lipinski definition) is 1. The highest BCUT2D eigenvalue weighted by Crippen LogP contribution is 2.25. The van der Waals surface area contributed by atoms with Crippen molar-refractivity contribution in [3.05, 3.63) is 35.4 Å². The predicted octanol–water partition coefficient (Wildman–Crippen LogP) is 3.12. The Bertz CT molecular complexity index is 336. The molecule has 2 heteroatoms. The molecule has 1 aromatic carbocycles. The molecule has 0 radical (unpaired) electrons. The van der Waals surface area contributed by atoms with E-state index in [-0.39, 0.29) is 5.41 Å². The second kappa shape index (κ2) is 3.82. The van der Waals surface area contributed by atoms with E-state index in [0.29, 0.717) is 0 Å². The lowest BCUT2D eigenvalue weighted by molar-refractivity contribution is 0.314. The Morgan fingerprint density at radius 1 is 1.21 bits per heavy atom. The average molecular weight is 191 g/mol. The zero-order valence-corrected chi connectivity index (χ0v) is 9.20. The largest absolute Gasteiger partial charge is 0.411 e. The Morgan fingerprint density at radius 3 is 2.14 bits per heavy atom. The van der Waals surface area contributed by atoms with E-state index in [9.17, 15) is 0 Å². The standard InChI is InChI=1S/C12H17NO/c1-9-5-7-11(8-6-9)12(3,4)10(2)13-14/h5-8,14H,1-4H3/b13-10+. The Morgan fingerprint density at radius 2 is 1.71 bits per heavy atom. The van der Waals surface area contributed by atoms with Crippen molar-refractivity contribution in [2.75, 3.05) is 0 Å². The molecular formula is C12H17NO. The van der Waals surface area contributed by atoms with Crippen LogP contribution in [0.25, 0.3) is 0 Å². The number of hydrogen-bond acceptors (Lipinski definition) is 2. The summed E-state index contributed by atoms with van der Waals surface area (Å²) in [6, 6.07) is 8.29. The van der Waals surface area contributed by atoms with Crippen molar-refractivity contribution in [1.29, 1.82) is 0 Å². The molecule has 0 spiro atoms. The number of oxime groups is 1. The highest BCUT2D eigenvalue weighted by molar-refractivity contribution is 5.91. The fourth-order valence-corrected chi connectivity index (χ4v) is 1.30. The molecule has 1 N–H and O–H groups in total. The number of nitrogens with zero attached hydrogens (tertiary/aromatic N) is 1. The van der Waals surface area contributed by atoms with Crippen LogP contribution in [0.2, 0.25) is 0 Å². The number of aryl methyl sites for hydroxylation is 1. The molecule has 0 unspecified atom stereocenters. The van der Waals surface area contributed by atoms with Gasteiger partial charge in [-0.1, -0.05) is 48.8 Å². The van der Waals surface area contributed by atoms with Gasteiger partial charge in [-0.25, -0.2) is 0 Å². The summed E-state index contributed by atoms with van der Waals surface area (Å²) in [5, 5.41) is 12.0. The van der Waals surface area contributed by atoms with Gasteiger partial charge >= 0.3 is 0 Å². The van der Waals surface area contributed by atoms with E-state index >= 15 is 0 Å². The van der Waals surface area contributed by atoms with Crippen LogP contribution in [0.5, 0.6) is 0 Å². The van der Waals surface area contributed by atoms with Crippen molar-refractivity contribution >= 4 is 5.71 Å². The van der Waals surface area contributed by atoms with Gasteiger partial charge in [-0.3, -0.25) is 0 Å². The Balaban J connectivity index is 3.10. The summed E-state index contributed by atoms with van der Waals surface area (Å²) in [5.74, 6) is 0. The third-order valence-electron chi connectivity index (χ3n) is 2.83. The van der Waals surface area contributed by atoms with Crippen LogP contribution < -0.4 is 0 Å². The highest BCUT2D eigenvalue weighted by atomic mass is 16.4. The zero-order chi connectivity index (χ0) is 10.8. The van der Waals surface area contributed by atoms with Crippen LogP contribution in [-0.4, -0.2) is 10.9 Å². The van der Waals surface area contributed by atoms with Gasteiger partial charge < -0.3 is 5.21 Å². The molecule has 0 aliphatic heterocycles. The van der Waals surface area contributed by atoms with Crippen molar-refractivity contribution in [3.63, 3.8) is 0 Å². The van der Waals surface area contributed by atoms with Gasteiger partial charge in [0.25, 0.3) is 0 Å². The molecule has 76 valence electrons. The molecule has 0 atom stereocenters. The first-order valence-electron chi connectivity index (χ1n) is 4.74. The van der Waals surface area contributed by atoms with Gasteiger partial charge in [0.15, 0.2) is 0 Å². The first-order chi connectivity index (χ1) is 6.48. The van der Waals surface area contributed by atoms with E-state index in [2.05, 4.69) is 36.3 Å². The maximum Gasteiger partial charge on any atom is 0.0639 e. The molecule has 1 aromatic rings. The van der Waals surface area contributed by atoms with Crippen molar-refractivity contribution < 1.29 is 5.21 Å². The molecular weight excluding hydrogens is 174 g/mol. The van der Waals surface area contributed by atoms with E-state index < -0.39 is 0 Å². The normalized spacial score (nSPS) is 13.0. The lowest BCUT2D eigenvalue weighted by Crippen LogP contribution is -2.26. The molecule has 14 heavy (non-hydrogen) atoms. The van der Waals surface area contributed by atoms with E-state index in [1.54, 1.807) is 0 Å². The minimum absolute atomic E-state index is 0.206. The van der Waals surface area contributed by atoms with Crippen LogP contribution in [-0.2, 0) is 5.41 Å². The number of rotatable bonds is 2. The van der Waals surface area contributed by atoms with Gasteiger partial charge in [-0.2, -0.15) is 0 Å². The summed E-state index contributed by atoms with van der Waals surface area (Å²) in [4.78, 5) is 0. The quantitative estimate of drug-likeness (QED) is 0.435. The average Bonchev–Trinajstić information content (AvgIpc) is 2.17. The van der Waals surface area contributed by atoms with Gasteiger partial charge in [-0.05, 0) is 19.4 Å². The van der Waals surface area contributed by atoms with Crippen LogP contribution >= 0.6 is 0 Å². The Labute approximate surface area is 85.3 Å². The van der Waals surface area contributed by atoms with Gasteiger partial charge in [0.1, 0.15) is 0 Å². The summed E-state index contributed by atoms with van der Waals surface area (Å²) < 4.78 is 0. The fraction of sp³-hybridized carbons (Fsp3) is 0.417. The maximum atomic E-state index is 8.77. The molecule has 0 fully saturated rings. The third-order valence-corrected chi connectivity index (χ3v) is 2.83. The van der Waals surface area contributed by atoms with E-state index in [4.69, 9.17) is 5.21 Å².